The summed E-state index contributed by atoms with van der Waals surface area (Å²) in [5, 5.41) is 6.92. The van der Waals surface area contributed by atoms with Crippen LogP contribution in [0.2, 0.25) is 0 Å². The van der Waals surface area contributed by atoms with Crippen molar-refractivity contribution in [2.45, 2.75) is 46.0 Å². The van der Waals surface area contributed by atoms with Gasteiger partial charge in [0.05, 0.1) is 11.4 Å². The molecule has 1 saturated heterocycles. The van der Waals surface area contributed by atoms with E-state index in [1.807, 2.05) is 7.05 Å². The van der Waals surface area contributed by atoms with Crippen LogP contribution < -0.4 is 15.5 Å². The molecule has 0 atom stereocenters. The molecule has 2 N–H and O–H groups in total. The molecule has 0 amide bonds. The monoisotopic (exact) mass is 302 g/mol. The van der Waals surface area contributed by atoms with E-state index in [1.165, 1.54) is 42.6 Å². The summed E-state index contributed by atoms with van der Waals surface area (Å²) >= 11 is 0. The second-order valence-electron chi connectivity index (χ2n) is 5.99. The number of piperidine rings is 1. The van der Waals surface area contributed by atoms with Crippen molar-refractivity contribution in [3.63, 3.8) is 0 Å². The van der Waals surface area contributed by atoms with E-state index in [0.717, 1.165) is 32.0 Å². The van der Waals surface area contributed by atoms with Crippen LogP contribution in [0.4, 0.5) is 11.4 Å². The Hall–Kier alpha value is -1.71. The van der Waals surface area contributed by atoms with Gasteiger partial charge in [-0.2, -0.15) is 0 Å². The fraction of sp³-hybridized carbons (Fsp3) is 0.611. The van der Waals surface area contributed by atoms with Crippen LogP contribution in [-0.2, 0) is 0 Å². The molecule has 0 aliphatic carbocycles. The lowest BCUT2D eigenvalue weighted by Crippen LogP contribution is -2.34. The number of guanidine groups is 1. The molecule has 0 bridgehead atoms. The molecule has 0 radical (unpaired) electrons. The predicted octanol–water partition coefficient (Wildman–Crippen LogP) is 3.77. The van der Waals surface area contributed by atoms with Crippen LogP contribution in [0.3, 0.4) is 0 Å². The summed E-state index contributed by atoms with van der Waals surface area (Å²) in [5.41, 5.74) is 3.76. The fourth-order valence-corrected chi connectivity index (χ4v) is 2.89. The van der Waals surface area contributed by atoms with E-state index < -0.39 is 0 Å². The molecule has 1 aromatic carbocycles. The first-order chi connectivity index (χ1) is 10.8. The summed E-state index contributed by atoms with van der Waals surface area (Å²) in [5.74, 6) is 0.862. The summed E-state index contributed by atoms with van der Waals surface area (Å²) in [4.78, 5) is 6.86. The fourth-order valence-electron chi connectivity index (χ4n) is 2.89. The maximum atomic E-state index is 4.36. The van der Waals surface area contributed by atoms with Crippen LogP contribution in [0, 0.1) is 6.92 Å². The zero-order valence-electron chi connectivity index (χ0n) is 14.3. The van der Waals surface area contributed by atoms with Crippen LogP contribution in [0.25, 0.3) is 0 Å². The highest BCUT2D eigenvalue weighted by molar-refractivity contribution is 5.97. The number of anilines is 2. The van der Waals surface area contributed by atoms with Crippen molar-refractivity contribution in [1.29, 1.82) is 0 Å². The quantitative estimate of drug-likeness (QED) is 0.494. The smallest absolute Gasteiger partial charge is 0.195 e. The number of rotatable bonds is 5. The largest absolute Gasteiger partial charge is 0.370 e. The average molecular weight is 302 g/mol. The lowest BCUT2D eigenvalue weighted by molar-refractivity contribution is 0.578. The second kappa shape index (κ2) is 8.66. The standard InChI is InChI=1S/C18H30N4/c1-4-5-12-20-18(19-3)21-17-15(2)10-9-11-16(17)22-13-7-6-8-14-22/h9-11H,4-8,12-14H2,1-3H3,(H2,19,20,21). The van der Waals surface area contributed by atoms with Gasteiger partial charge < -0.3 is 15.5 Å². The minimum Gasteiger partial charge on any atom is -0.370 e. The van der Waals surface area contributed by atoms with E-state index in [0.29, 0.717) is 0 Å². The summed E-state index contributed by atoms with van der Waals surface area (Å²) in [6.07, 6.45) is 6.28. The summed E-state index contributed by atoms with van der Waals surface area (Å²) < 4.78 is 0. The van der Waals surface area contributed by atoms with Gasteiger partial charge in [0.15, 0.2) is 5.96 Å². The zero-order chi connectivity index (χ0) is 15.8. The van der Waals surface area contributed by atoms with Crippen molar-refractivity contribution in [1.82, 2.24) is 5.32 Å². The number of hydrogen-bond acceptors (Lipinski definition) is 2. The molecule has 22 heavy (non-hydrogen) atoms. The molecular formula is C18H30N4. The maximum Gasteiger partial charge on any atom is 0.195 e. The summed E-state index contributed by atoms with van der Waals surface area (Å²) in [6, 6.07) is 6.53. The molecule has 1 aliphatic rings. The topological polar surface area (TPSA) is 39.7 Å². The van der Waals surface area contributed by atoms with Gasteiger partial charge in [0.25, 0.3) is 0 Å². The van der Waals surface area contributed by atoms with Gasteiger partial charge in [0.2, 0.25) is 0 Å². The van der Waals surface area contributed by atoms with Crippen molar-refractivity contribution in [2.24, 2.45) is 4.99 Å². The van der Waals surface area contributed by atoms with Gasteiger partial charge in [-0.3, -0.25) is 4.99 Å². The van der Waals surface area contributed by atoms with Crippen LogP contribution in [-0.4, -0.2) is 32.6 Å². The number of hydrogen-bond donors (Lipinski definition) is 2. The van der Waals surface area contributed by atoms with E-state index in [9.17, 15) is 0 Å². The third kappa shape index (κ3) is 4.39. The molecule has 0 spiro atoms. The SMILES string of the molecule is CCCCNC(=NC)Nc1c(C)cccc1N1CCCCC1. The van der Waals surface area contributed by atoms with Crippen molar-refractivity contribution in [3.05, 3.63) is 23.8 Å². The normalized spacial score (nSPS) is 15.8. The van der Waals surface area contributed by atoms with Crippen LogP contribution >= 0.6 is 0 Å². The van der Waals surface area contributed by atoms with Crippen molar-refractivity contribution in [2.75, 3.05) is 36.9 Å². The molecule has 4 nitrogen and oxygen atoms in total. The van der Waals surface area contributed by atoms with Gasteiger partial charge >= 0.3 is 0 Å². The number of nitrogens with zero attached hydrogens (tertiary/aromatic N) is 2. The first kappa shape index (κ1) is 16.7. The van der Waals surface area contributed by atoms with Gasteiger partial charge in [-0.15, -0.1) is 0 Å². The molecule has 1 fully saturated rings. The average Bonchev–Trinajstić information content (AvgIpc) is 2.56. The molecule has 2 rings (SSSR count). The summed E-state index contributed by atoms with van der Waals surface area (Å²) in [7, 11) is 1.83. The number of nitrogens with one attached hydrogen (secondary N) is 2. The molecule has 122 valence electrons. The molecule has 0 unspecified atom stereocenters. The lowest BCUT2D eigenvalue weighted by Gasteiger charge is -2.31. The molecule has 0 aromatic heterocycles. The van der Waals surface area contributed by atoms with Crippen molar-refractivity contribution < 1.29 is 0 Å². The Morgan fingerprint density at radius 1 is 1.23 bits per heavy atom. The molecule has 1 heterocycles. The Bertz CT molecular complexity index is 490. The predicted molar refractivity (Wildman–Crippen MR) is 97.1 cm³/mol. The van der Waals surface area contributed by atoms with Gasteiger partial charge in [0, 0.05) is 26.7 Å². The van der Waals surface area contributed by atoms with E-state index in [-0.39, 0.29) is 0 Å². The molecule has 4 heteroatoms. The highest BCUT2D eigenvalue weighted by Crippen LogP contribution is 2.31. The summed E-state index contributed by atoms with van der Waals surface area (Å²) in [6.45, 7) is 7.63. The minimum absolute atomic E-state index is 0.862. The van der Waals surface area contributed by atoms with Crippen LogP contribution in [0.15, 0.2) is 23.2 Å². The van der Waals surface area contributed by atoms with Crippen molar-refractivity contribution in [3.8, 4) is 0 Å². The Kier molecular flexibility index (Phi) is 6.56. The Balaban J connectivity index is 2.14. The number of aryl methyl sites for hydroxylation is 1. The highest BCUT2D eigenvalue weighted by atomic mass is 15.2. The lowest BCUT2D eigenvalue weighted by atomic mass is 10.1. The number of benzene rings is 1. The number of para-hydroxylation sites is 1. The number of aliphatic imine (C=N–C) groups is 1. The Morgan fingerprint density at radius 3 is 2.68 bits per heavy atom. The maximum absolute atomic E-state index is 4.36. The molecule has 0 saturated carbocycles. The molecular weight excluding hydrogens is 272 g/mol. The zero-order valence-corrected chi connectivity index (χ0v) is 14.3. The van der Waals surface area contributed by atoms with E-state index in [1.54, 1.807) is 0 Å². The van der Waals surface area contributed by atoms with Gasteiger partial charge in [-0.1, -0.05) is 25.5 Å². The van der Waals surface area contributed by atoms with E-state index in [2.05, 4.69) is 52.6 Å². The van der Waals surface area contributed by atoms with Crippen molar-refractivity contribution >= 4 is 17.3 Å². The third-order valence-corrected chi connectivity index (χ3v) is 4.24. The second-order valence-corrected chi connectivity index (χ2v) is 5.99. The van der Waals surface area contributed by atoms with Crippen LogP contribution in [0.1, 0.15) is 44.6 Å². The van der Waals surface area contributed by atoms with Crippen LogP contribution in [0.5, 0.6) is 0 Å². The Labute approximate surface area is 135 Å². The van der Waals surface area contributed by atoms with E-state index >= 15 is 0 Å². The number of unbranched alkanes of at least 4 members (excludes halogenated alkanes) is 1. The van der Waals surface area contributed by atoms with Gasteiger partial charge in [-0.25, -0.2) is 0 Å². The first-order valence-electron chi connectivity index (χ1n) is 8.58. The first-order valence-corrected chi connectivity index (χ1v) is 8.58. The minimum atomic E-state index is 0.862. The van der Waals surface area contributed by atoms with Gasteiger partial charge in [-0.05, 0) is 44.2 Å². The van der Waals surface area contributed by atoms with Gasteiger partial charge in [0.1, 0.15) is 0 Å². The molecule has 1 aromatic rings. The Morgan fingerprint density at radius 2 is 2.00 bits per heavy atom. The third-order valence-electron chi connectivity index (χ3n) is 4.24. The highest BCUT2D eigenvalue weighted by Gasteiger charge is 2.16. The molecule has 1 aliphatic heterocycles. The van der Waals surface area contributed by atoms with E-state index in [4.69, 9.17) is 0 Å².